The quantitative estimate of drug-likeness (QED) is 0.526. The average molecular weight is 403 g/mol. The smallest absolute Gasteiger partial charge is 0.293 e. The van der Waals surface area contributed by atoms with E-state index in [1.54, 1.807) is 0 Å². The molecule has 0 aliphatic rings. The summed E-state index contributed by atoms with van der Waals surface area (Å²) >= 11 is 0. The molecule has 0 rings (SSSR count). The lowest BCUT2D eigenvalue weighted by Gasteiger charge is -2.17. The normalized spacial score (nSPS) is 15.1. The van der Waals surface area contributed by atoms with Crippen LogP contribution in [0.5, 0.6) is 0 Å². The Hall–Kier alpha value is 0.124. The van der Waals surface area contributed by atoms with Gasteiger partial charge >= 0.3 is 31.2 Å². The average Bonchev–Trinajstić information content (AvgIpc) is 1.83. The lowest BCUT2D eigenvalue weighted by Crippen LogP contribution is -2.34. The molecular weight excluding hydrogens is 384 g/mol. The fourth-order valence-corrected chi connectivity index (χ4v) is 8.40. The van der Waals surface area contributed by atoms with Crippen molar-refractivity contribution in [2.75, 3.05) is 0 Å². The molecule has 0 fully saturated rings. The van der Waals surface area contributed by atoms with Gasteiger partial charge in [-0.15, -0.1) is 7.26 Å². The fraction of sp³-hybridized carbons (Fsp3) is 1.00. The first-order chi connectivity index (χ1) is 8.83. The molecule has 0 radical (unpaired) electrons. The van der Waals surface area contributed by atoms with Gasteiger partial charge in [0.25, 0.3) is 0 Å². The standard InChI is InChI=1S/C6H18O10S3Si2/c1-20(2,3)15-18(9,10)13-17(7,8)14-19(11,12)16-21(4,5)6/h1-6H3. The van der Waals surface area contributed by atoms with Gasteiger partial charge in [-0.25, -0.2) is 0 Å². The van der Waals surface area contributed by atoms with E-state index in [0.29, 0.717) is 0 Å². The molecule has 0 amide bonds. The van der Waals surface area contributed by atoms with Crippen molar-refractivity contribution in [3.63, 3.8) is 0 Å². The van der Waals surface area contributed by atoms with Gasteiger partial charge in [-0.1, -0.05) is 0 Å². The Morgan fingerprint density at radius 1 is 0.524 bits per heavy atom. The van der Waals surface area contributed by atoms with Crippen molar-refractivity contribution < 1.29 is 40.3 Å². The summed E-state index contributed by atoms with van der Waals surface area (Å²) in [4.78, 5) is 0. The first-order valence-corrected chi connectivity index (χ1v) is 16.2. The van der Waals surface area contributed by atoms with Crippen LogP contribution in [-0.2, 0) is 46.2 Å². The van der Waals surface area contributed by atoms with Gasteiger partial charge in [-0.05, 0) is 39.3 Å². The highest BCUT2D eigenvalue weighted by atomic mass is 32.3. The molecule has 0 atom stereocenters. The maximum atomic E-state index is 11.3. The summed E-state index contributed by atoms with van der Waals surface area (Å²) < 4.78 is 84.2. The number of hydrogen-bond donors (Lipinski definition) is 0. The van der Waals surface area contributed by atoms with E-state index in [1.807, 2.05) is 0 Å². The predicted octanol–water partition coefficient (Wildman–Crippen LogP) is 0.457. The van der Waals surface area contributed by atoms with Gasteiger partial charge in [0.05, 0.1) is 0 Å². The highest BCUT2D eigenvalue weighted by Crippen LogP contribution is 2.17. The SMILES string of the molecule is C[Si](C)(C)OS(=O)(=O)OS(=O)(=O)OS(=O)(=O)O[Si](C)(C)C. The van der Waals surface area contributed by atoms with E-state index in [0.717, 1.165) is 0 Å². The van der Waals surface area contributed by atoms with Crippen molar-refractivity contribution in [3.05, 3.63) is 0 Å². The summed E-state index contributed by atoms with van der Waals surface area (Å²) in [6, 6.07) is 0. The molecule has 0 N–H and O–H groups in total. The Labute approximate surface area is 127 Å². The minimum absolute atomic E-state index is 1.45. The van der Waals surface area contributed by atoms with Gasteiger partial charge in [-0.2, -0.15) is 25.3 Å². The fourth-order valence-electron chi connectivity index (χ4n) is 0.856. The van der Waals surface area contributed by atoms with Gasteiger partial charge in [-0.3, -0.25) is 7.74 Å². The third kappa shape index (κ3) is 11.4. The van der Waals surface area contributed by atoms with Crippen molar-refractivity contribution >= 4 is 47.8 Å². The van der Waals surface area contributed by atoms with Gasteiger partial charge < -0.3 is 0 Å². The number of hydrogen-bond acceptors (Lipinski definition) is 10. The zero-order valence-electron chi connectivity index (χ0n) is 12.3. The molecule has 0 bridgehead atoms. The molecule has 0 spiro atoms. The summed E-state index contributed by atoms with van der Waals surface area (Å²) in [6.07, 6.45) is 0. The van der Waals surface area contributed by atoms with Crippen LogP contribution in [0.25, 0.3) is 0 Å². The third-order valence-electron chi connectivity index (χ3n) is 1.04. The Bertz CT molecular complexity index is 609. The van der Waals surface area contributed by atoms with Crippen LogP contribution in [-0.4, -0.2) is 41.9 Å². The second-order valence-corrected chi connectivity index (χ2v) is 19.1. The van der Waals surface area contributed by atoms with Gasteiger partial charge in [0.1, 0.15) is 0 Å². The molecule has 0 saturated carbocycles. The van der Waals surface area contributed by atoms with Crippen LogP contribution in [0, 0.1) is 0 Å². The summed E-state index contributed by atoms with van der Waals surface area (Å²) in [5, 5.41) is 0. The summed E-state index contributed by atoms with van der Waals surface area (Å²) in [5.74, 6) is 0. The largest absolute Gasteiger partial charge is 0.432 e. The van der Waals surface area contributed by atoms with Crippen molar-refractivity contribution in [3.8, 4) is 0 Å². The van der Waals surface area contributed by atoms with E-state index in [4.69, 9.17) is 0 Å². The van der Waals surface area contributed by atoms with E-state index in [9.17, 15) is 25.3 Å². The number of rotatable bonds is 8. The minimum atomic E-state index is -5.42. The maximum Gasteiger partial charge on any atom is 0.432 e. The van der Waals surface area contributed by atoms with E-state index >= 15 is 0 Å². The Kier molecular flexibility index (Phi) is 6.36. The summed E-state index contributed by atoms with van der Waals surface area (Å²) in [7, 11) is -20.8. The zero-order valence-corrected chi connectivity index (χ0v) is 16.8. The lowest BCUT2D eigenvalue weighted by atomic mass is 11.8. The Morgan fingerprint density at radius 2 is 0.762 bits per heavy atom. The van der Waals surface area contributed by atoms with E-state index in [2.05, 4.69) is 15.0 Å². The van der Waals surface area contributed by atoms with Crippen molar-refractivity contribution in [2.24, 2.45) is 0 Å². The molecule has 0 aliphatic heterocycles. The Morgan fingerprint density at radius 3 is 0.952 bits per heavy atom. The molecule has 0 aromatic heterocycles. The van der Waals surface area contributed by atoms with Gasteiger partial charge in [0, 0.05) is 0 Å². The van der Waals surface area contributed by atoms with Crippen LogP contribution in [0.3, 0.4) is 0 Å². The minimum Gasteiger partial charge on any atom is -0.293 e. The van der Waals surface area contributed by atoms with E-state index in [-0.39, 0.29) is 0 Å². The van der Waals surface area contributed by atoms with Crippen molar-refractivity contribution in [1.82, 2.24) is 0 Å². The molecule has 0 aromatic rings. The second kappa shape index (κ2) is 6.32. The molecule has 10 nitrogen and oxygen atoms in total. The lowest BCUT2D eigenvalue weighted by molar-refractivity contribution is 0.332. The monoisotopic (exact) mass is 402 g/mol. The summed E-state index contributed by atoms with van der Waals surface area (Å²) in [5.41, 5.74) is 0. The van der Waals surface area contributed by atoms with Gasteiger partial charge in [0.15, 0.2) is 0 Å². The maximum absolute atomic E-state index is 11.3. The highest BCUT2D eigenvalue weighted by molar-refractivity contribution is 8.01. The molecule has 0 heterocycles. The van der Waals surface area contributed by atoms with Crippen molar-refractivity contribution in [2.45, 2.75) is 39.3 Å². The van der Waals surface area contributed by atoms with Crippen LogP contribution in [0.1, 0.15) is 0 Å². The van der Waals surface area contributed by atoms with Crippen LogP contribution < -0.4 is 0 Å². The van der Waals surface area contributed by atoms with Crippen LogP contribution in [0.4, 0.5) is 0 Å². The van der Waals surface area contributed by atoms with Crippen molar-refractivity contribution in [1.29, 1.82) is 0 Å². The molecule has 0 aromatic carbocycles. The Balaban J connectivity index is 5.12. The third-order valence-corrected chi connectivity index (χ3v) is 9.34. The van der Waals surface area contributed by atoms with E-state index < -0.39 is 47.8 Å². The molecular formula is C6H18O10S3Si2. The highest BCUT2D eigenvalue weighted by Gasteiger charge is 2.36. The first kappa shape index (κ1) is 21.1. The molecule has 0 saturated heterocycles. The topological polar surface area (TPSA) is 139 Å². The molecule has 128 valence electrons. The van der Waals surface area contributed by atoms with Crippen LogP contribution in [0.15, 0.2) is 0 Å². The zero-order chi connectivity index (χ0) is 17.3. The molecule has 0 aliphatic carbocycles. The molecule has 0 unspecified atom stereocenters. The van der Waals surface area contributed by atoms with E-state index in [1.165, 1.54) is 39.3 Å². The van der Waals surface area contributed by atoms with Gasteiger partial charge in [0.2, 0.25) is 16.6 Å². The van der Waals surface area contributed by atoms with Crippen LogP contribution in [0.2, 0.25) is 39.3 Å². The first-order valence-electron chi connectivity index (χ1n) is 5.41. The predicted molar refractivity (Wildman–Crippen MR) is 77.8 cm³/mol. The molecule has 15 heteroatoms. The molecule has 21 heavy (non-hydrogen) atoms. The van der Waals surface area contributed by atoms with Crippen LogP contribution >= 0.6 is 0 Å². The second-order valence-electron chi connectivity index (χ2n) is 5.75. The summed E-state index contributed by atoms with van der Waals surface area (Å²) in [6.45, 7) is 8.71.